The summed E-state index contributed by atoms with van der Waals surface area (Å²) in [6.07, 6.45) is 1.85. The van der Waals surface area contributed by atoms with Crippen LogP contribution in [0.4, 0.5) is 17.2 Å². The third-order valence-corrected chi connectivity index (χ3v) is 3.03. The van der Waals surface area contributed by atoms with Crippen LogP contribution in [0.25, 0.3) is 11.1 Å². The van der Waals surface area contributed by atoms with Crippen LogP contribution in [0.2, 0.25) is 0 Å². The lowest BCUT2D eigenvalue weighted by molar-refractivity contribution is 1.31. The Morgan fingerprint density at radius 3 is 2.35 bits per heavy atom. The van der Waals surface area contributed by atoms with E-state index in [9.17, 15) is 0 Å². The zero-order valence-corrected chi connectivity index (χ0v) is 11.0. The minimum Gasteiger partial charge on any atom is -0.399 e. The molecule has 3 nitrogen and oxygen atoms in total. The van der Waals surface area contributed by atoms with Crippen molar-refractivity contribution in [1.82, 2.24) is 4.98 Å². The topological polar surface area (TPSA) is 50.9 Å². The number of hydrogen-bond acceptors (Lipinski definition) is 3. The van der Waals surface area contributed by atoms with E-state index in [1.165, 1.54) is 0 Å². The highest BCUT2D eigenvalue weighted by Crippen LogP contribution is 2.22. The van der Waals surface area contributed by atoms with E-state index >= 15 is 0 Å². The number of rotatable bonds is 3. The minimum absolute atomic E-state index is 0.758. The molecule has 0 saturated heterocycles. The molecular weight excluding hydrogens is 246 g/mol. The first-order valence-corrected chi connectivity index (χ1v) is 6.45. The Kier molecular flexibility index (Phi) is 3.33. The van der Waals surface area contributed by atoms with E-state index in [2.05, 4.69) is 10.3 Å². The molecule has 3 aromatic rings. The second kappa shape index (κ2) is 5.45. The van der Waals surface area contributed by atoms with Crippen molar-refractivity contribution in [1.29, 1.82) is 0 Å². The van der Waals surface area contributed by atoms with Gasteiger partial charge < -0.3 is 11.1 Å². The van der Waals surface area contributed by atoms with E-state index in [0.29, 0.717) is 0 Å². The SMILES string of the molecule is Nc1cccc(-c2ccc(Nc3ccccc3)nc2)c1. The molecule has 0 unspecified atom stereocenters. The highest BCUT2D eigenvalue weighted by Gasteiger charge is 2.00. The van der Waals surface area contributed by atoms with Gasteiger partial charge >= 0.3 is 0 Å². The summed E-state index contributed by atoms with van der Waals surface area (Å²) in [7, 11) is 0. The normalized spacial score (nSPS) is 10.2. The molecule has 0 spiro atoms. The predicted molar refractivity (Wildman–Crippen MR) is 83.8 cm³/mol. The molecule has 20 heavy (non-hydrogen) atoms. The molecule has 3 heteroatoms. The van der Waals surface area contributed by atoms with Crippen molar-refractivity contribution in [2.45, 2.75) is 0 Å². The summed E-state index contributed by atoms with van der Waals surface area (Å²) >= 11 is 0. The van der Waals surface area contributed by atoms with Gasteiger partial charge in [0, 0.05) is 23.1 Å². The number of para-hydroxylation sites is 1. The van der Waals surface area contributed by atoms with Crippen molar-refractivity contribution in [2.75, 3.05) is 11.1 Å². The molecule has 3 N–H and O–H groups in total. The van der Waals surface area contributed by atoms with Crippen LogP contribution < -0.4 is 11.1 Å². The minimum atomic E-state index is 0.758. The molecule has 2 aromatic carbocycles. The van der Waals surface area contributed by atoms with Crippen molar-refractivity contribution < 1.29 is 0 Å². The van der Waals surface area contributed by atoms with Crippen LogP contribution in [0.15, 0.2) is 72.9 Å². The Balaban J connectivity index is 1.81. The lowest BCUT2D eigenvalue weighted by Crippen LogP contribution is -1.93. The second-order valence-electron chi connectivity index (χ2n) is 4.55. The van der Waals surface area contributed by atoms with Gasteiger partial charge in [0.1, 0.15) is 5.82 Å². The number of nitrogen functional groups attached to an aromatic ring is 1. The standard InChI is InChI=1S/C17H15N3/c18-15-6-4-5-13(11-15)14-9-10-17(19-12-14)20-16-7-2-1-3-8-16/h1-12H,18H2,(H,19,20). The predicted octanol–water partition coefficient (Wildman–Crippen LogP) is 4.07. The zero-order chi connectivity index (χ0) is 13.8. The van der Waals surface area contributed by atoms with Crippen LogP contribution in [-0.2, 0) is 0 Å². The Morgan fingerprint density at radius 1 is 0.800 bits per heavy atom. The first kappa shape index (κ1) is 12.2. The van der Waals surface area contributed by atoms with E-state index in [4.69, 9.17) is 5.73 Å². The summed E-state index contributed by atoms with van der Waals surface area (Å²) in [6, 6.07) is 21.8. The maximum atomic E-state index is 5.80. The molecule has 0 fully saturated rings. The molecule has 3 rings (SSSR count). The summed E-state index contributed by atoms with van der Waals surface area (Å²) < 4.78 is 0. The van der Waals surface area contributed by atoms with Crippen LogP contribution in [0.3, 0.4) is 0 Å². The van der Waals surface area contributed by atoms with Crippen molar-refractivity contribution in [3.63, 3.8) is 0 Å². The van der Waals surface area contributed by atoms with Gasteiger partial charge in [-0.1, -0.05) is 30.3 Å². The molecule has 0 saturated carbocycles. The second-order valence-corrected chi connectivity index (χ2v) is 4.55. The maximum Gasteiger partial charge on any atom is 0.130 e. The van der Waals surface area contributed by atoms with Gasteiger partial charge in [-0.2, -0.15) is 0 Å². The quantitative estimate of drug-likeness (QED) is 0.699. The summed E-state index contributed by atoms with van der Waals surface area (Å²) in [6.45, 7) is 0. The number of anilines is 3. The molecule has 0 aliphatic heterocycles. The molecule has 0 amide bonds. The number of hydrogen-bond donors (Lipinski definition) is 2. The van der Waals surface area contributed by atoms with Gasteiger partial charge in [-0.05, 0) is 42.0 Å². The summed E-state index contributed by atoms with van der Waals surface area (Å²) in [4.78, 5) is 4.43. The number of pyridine rings is 1. The van der Waals surface area contributed by atoms with Crippen LogP contribution in [0, 0.1) is 0 Å². The molecule has 0 radical (unpaired) electrons. The van der Waals surface area contributed by atoms with Gasteiger partial charge in [-0.3, -0.25) is 0 Å². The maximum absolute atomic E-state index is 5.80. The number of aromatic nitrogens is 1. The van der Waals surface area contributed by atoms with E-state index in [1.54, 1.807) is 0 Å². The number of benzene rings is 2. The summed E-state index contributed by atoms with van der Waals surface area (Å²) in [5.74, 6) is 0.823. The van der Waals surface area contributed by atoms with Crippen LogP contribution >= 0.6 is 0 Å². The van der Waals surface area contributed by atoms with Crippen LogP contribution in [-0.4, -0.2) is 4.98 Å². The average Bonchev–Trinajstić information content (AvgIpc) is 2.49. The van der Waals surface area contributed by atoms with E-state index in [0.717, 1.165) is 28.3 Å². The van der Waals surface area contributed by atoms with Gasteiger partial charge in [0.05, 0.1) is 0 Å². The average molecular weight is 261 g/mol. The molecule has 98 valence electrons. The summed E-state index contributed by atoms with van der Waals surface area (Å²) in [5, 5.41) is 3.26. The third kappa shape index (κ3) is 2.78. The zero-order valence-electron chi connectivity index (χ0n) is 11.0. The van der Waals surface area contributed by atoms with Crippen molar-refractivity contribution >= 4 is 17.2 Å². The Bertz CT molecular complexity index is 691. The van der Waals surface area contributed by atoms with Gasteiger partial charge in [-0.25, -0.2) is 4.98 Å². The highest BCUT2D eigenvalue weighted by molar-refractivity contribution is 5.68. The molecular formula is C17H15N3. The Labute approximate surface area is 118 Å². The van der Waals surface area contributed by atoms with Crippen molar-refractivity contribution in [2.24, 2.45) is 0 Å². The number of nitrogens with two attached hydrogens (primary N) is 1. The Morgan fingerprint density at radius 2 is 1.65 bits per heavy atom. The number of nitrogens with zero attached hydrogens (tertiary/aromatic N) is 1. The molecule has 0 bridgehead atoms. The number of nitrogens with one attached hydrogen (secondary N) is 1. The first-order valence-electron chi connectivity index (χ1n) is 6.45. The molecule has 0 aliphatic carbocycles. The largest absolute Gasteiger partial charge is 0.399 e. The molecule has 1 aromatic heterocycles. The van der Waals surface area contributed by atoms with Crippen LogP contribution in [0.5, 0.6) is 0 Å². The summed E-state index contributed by atoms with van der Waals surface area (Å²) in [5.41, 5.74) is 9.70. The fourth-order valence-corrected chi connectivity index (χ4v) is 2.03. The lowest BCUT2D eigenvalue weighted by atomic mass is 10.1. The monoisotopic (exact) mass is 261 g/mol. The fourth-order valence-electron chi connectivity index (χ4n) is 2.03. The molecule has 1 heterocycles. The Hall–Kier alpha value is -2.81. The van der Waals surface area contributed by atoms with Crippen molar-refractivity contribution in [3.8, 4) is 11.1 Å². The van der Waals surface area contributed by atoms with Gasteiger partial charge in [0.25, 0.3) is 0 Å². The van der Waals surface area contributed by atoms with Crippen molar-refractivity contribution in [3.05, 3.63) is 72.9 Å². The highest BCUT2D eigenvalue weighted by atomic mass is 15.0. The van der Waals surface area contributed by atoms with E-state index in [1.807, 2.05) is 72.9 Å². The lowest BCUT2D eigenvalue weighted by Gasteiger charge is -2.07. The molecule has 0 aliphatic rings. The third-order valence-electron chi connectivity index (χ3n) is 3.03. The smallest absolute Gasteiger partial charge is 0.130 e. The molecule has 0 atom stereocenters. The fraction of sp³-hybridized carbons (Fsp3) is 0. The van der Waals surface area contributed by atoms with E-state index < -0.39 is 0 Å². The van der Waals surface area contributed by atoms with Gasteiger partial charge in [-0.15, -0.1) is 0 Å². The van der Waals surface area contributed by atoms with Gasteiger partial charge in [0.2, 0.25) is 0 Å². The van der Waals surface area contributed by atoms with Gasteiger partial charge in [0.15, 0.2) is 0 Å². The van der Waals surface area contributed by atoms with Crippen LogP contribution in [0.1, 0.15) is 0 Å². The van der Waals surface area contributed by atoms with E-state index in [-0.39, 0.29) is 0 Å². The first-order chi connectivity index (χ1) is 9.81.